The van der Waals surface area contributed by atoms with Crippen LogP contribution in [-0.4, -0.2) is 14.5 Å². The average Bonchev–Trinajstić information content (AvgIpc) is 2.88. The molecule has 0 unspecified atom stereocenters. The van der Waals surface area contributed by atoms with E-state index in [0.717, 1.165) is 46.1 Å². The molecule has 2 N–H and O–H groups in total. The molecule has 0 saturated heterocycles. The highest BCUT2D eigenvalue weighted by molar-refractivity contribution is 6.35. The third-order valence-corrected chi connectivity index (χ3v) is 3.76. The van der Waals surface area contributed by atoms with E-state index in [1.165, 1.54) is 0 Å². The fourth-order valence-electron chi connectivity index (χ4n) is 2.46. The van der Waals surface area contributed by atoms with Crippen molar-refractivity contribution < 1.29 is 0 Å². The minimum Gasteiger partial charge on any atom is -0.326 e. The van der Waals surface area contributed by atoms with Crippen LogP contribution in [0.15, 0.2) is 36.5 Å². The molecule has 0 atom stereocenters. The highest BCUT2D eigenvalue weighted by Crippen LogP contribution is 2.29. The Hall–Kier alpha value is -1.91. The number of imidazole rings is 1. The standard InChI is InChI=1S/C16H17ClN4/c1-2-8-21-15-12(17)4-3-5-13(15)20-16(21)14-7-6-11(9-18)10-19-14/h3-7,10H,2,8-9,18H2,1H3. The lowest BCUT2D eigenvalue weighted by atomic mass is 10.2. The summed E-state index contributed by atoms with van der Waals surface area (Å²) in [6, 6.07) is 9.74. The van der Waals surface area contributed by atoms with Crippen LogP contribution in [0.5, 0.6) is 0 Å². The minimum absolute atomic E-state index is 0.491. The van der Waals surface area contributed by atoms with Crippen molar-refractivity contribution in [3.05, 3.63) is 47.1 Å². The second-order valence-corrected chi connectivity index (χ2v) is 5.36. The molecule has 4 nitrogen and oxygen atoms in total. The van der Waals surface area contributed by atoms with Crippen LogP contribution in [0.25, 0.3) is 22.6 Å². The van der Waals surface area contributed by atoms with Crippen LogP contribution in [0.1, 0.15) is 18.9 Å². The monoisotopic (exact) mass is 300 g/mol. The van der Waals surface area contributed by atoms with Crippen LogP contribution in [0.2, 0.25) is 5.02 Å². The Balaban J connectivity index is 2.20. The van der Waals surface area contributed by atoms with Crippen LogP contribution >= 0.6 is 11.6 Å². The summed E-state index contributed by atoms with van der Waals surface area (Å²) in [5.74, 6) is 0.850. The van der Waals surface area contributed by atoms with E-state index < -0.39 is 0 Å². The summed E-state index contributed by atoms with van der Waals surface area (Å²) in [5, 5.41) is 0.721. The van der Waals surface area contributed by atoms with Gasteiger partial charge in [0.15, 0.2) is 5.82 Å². The number of pyridine rings is 1. The smallest absolute Gasteiger partial charge is 0.159 e. The predicted octanol–water partition coefficient (Wildman–Crippen LogP) is 3.62. The molecule has 0 bridgehead atoms. The maximum Gasteiger partial charge on any atom is 0.159 e. The Bertz CT molecular complexity index is 762. The zero-order valence-electron chi connectivity index (χ0n) is 11.9. The van der Waals surface area contributed by atoms with E-state index in [0.29, 0.717) is 6.54 Å². The van der Waals surface area contributed by atoms with E-state index in [9.17, 15) is 0 Å². The van der Waals surface area contributed by atoms with Crippen molar-refractivity contribution in [1.82, 2.24) is 14.5 Å². The molecule has 0 amide bonds. The van der Waals surface area contributed by atoms with Gasteiger partial charge in [-0.2, -0.15) is 0 Å². The van der Waals surface area contributed by atoms with E-state index in [1.54, 1.807) is 6.20 Å². The average molecular weight is 301 g/mol. The Labute approximate surface area is 128 Å². The van der Waals surface area contributed by atoms with Gasteiger partial charge in [-0.3, -0.25) is 4.98 Å². The number of benzene rings is 1. The Morgan fingerprint density at radius 3 is 2.76 bits per heavy atom. The summed E-state index contributed by atoms with van der Waals surface area (Å²) in [4.78, 5) is 9.18. The summed E-state index contributed by atoms with van der Waals surface area (Å²) in [6.07, 6.45) is 2.80. The van der Waals surface area contributed by atoms with E-state index in [-0.39, 0.29) is 0 Å². The number of hydrogen-bond donors (Lipinski definition) is 1. The van der Waals surface area contributed by atoms with Gasteiger partial charge in [-0.25, -0.2) is 4.98 Å². The number of hydrogen-bond acceptors (Lipinski definition) is 3. The lowest BCUT2D eigenvalue weighted by Gasteiger charge is -2.08. The number of nitrogens with two attached hydrogens (primary N) is 1. The summed E-state index contributed by atoms with van der Waals surface area (Å²) in [6.45, 7) is 3.48. The molecule has 0 aliphatic rings. The molecule has 0 aliphatic heterocycles. The van der Waals surface area contributed by atoms with Crippen LogP contribution in [0.3, 0.4) is 0 Å². The van der Waals surface area contributed by atoms with Crippen LogP contribution in [-0.2, 0) is 13.1 Å². The normalized spacial score (nSPS) is 11.2. The summed E-state index contributed by atoms with van der Waals surface area (Å²) < 4.78 is 2.14. The predicted molar refractivity (Wildman–Crippen MR) is 86.2 cm³/mol. The molecule has 0 fully saturated rings. The first kappa shape index (κ1) is 14.0. The summed E-state index contributed by atoms with van der Waals surface area (Å²) >= 11 is 6.35. The van der Waals surface area contributed by atoms with Crippen LogP contribution < -0.4 is 5.73 Å². The number of nitrogens with zero attached hydrogens (tertiary/aromatic N) is 3. The van der Waals surface area contributed by atoms with E-state index in [1.807, 2.05) is 30.3 Å². The molecule has 3 rings (SSSR count). The van der Waals surface area contributed by atoms with Gasteiger partial charge in [0.05, 0.1) is 16.1 Å². The van der Waals surface area contributed by atoms with Gasteiger partial charge in [0.2, 0.25) is 0 Å². The molecule has 0 saturated carbocycles. The van der Waals surface area contributed by atoms with Crippen molar-refractivity contribution >= 4 is 22.6 Å². The molecular weight excluding hydrogens is 284 g/mol. The Morgan fingerprint density at radius 2 is 2.10 bits per heavy atom. The van der Waals surface area contributed by atoms with Crippen molar-refractivity contribution in [2.75, 3.05) is 0 Å². The molecular formula is C16H17ClN4. The number of rotatable bonds is 4. The van der Waals surface area contributed by atoms with Gasteiger partial charge in [0.1, 0.15) is 5.69 Å². The molecule has 2 heterocycles. The first-order chi connectivity index (χ1) is 10.2. The SMILES string of the molecule is CCCn1c(-c2ccc(CN)cn2)nc2cccc(Cl)c21. The van der Waals surface area contributed by atoms with Gasteiger partial charge in [0.25, 0.3) is 0 Å². The fraction of sp³-hybridized carbons (Fsp3) is 0.250. The van der Waals surface area contributed by atoms with Crippen molar-refractivity contribution in [3.63, 3.8) is 0 Å². The molecule has 5 heteroatoms. The Kier molecular flexibility index (Phi) is 3.90. The number of aromatic nitrogens is 3. The molecule has 2 aromatic heterocycles. The highest BCUT2D eigenvalue weighted by Gasteiger charge is 2.15. The topological polar surface area (TPSA) is 56.7 Å². The number of para-hydroxylation sites is 1. The van der Waals surface area contributed by atoms with Gasteiger partial charge in [-0.1, -0.05) is 30.7 Å². The second kappa shape index (κ2) is 5.84. The first-order valence-corrected chi connectivity index (χ1v) is 7.42. The lowest BCUT2D eigenvalue weighted by molar-refractivity contribution is 0.702. The molecule has 3 aromatic rings. The fourth-order valence-corrected chi connectivity index (χ4v) is 2.73. The van der Waals surface area contributed by atoms with Crippen molar-refractivity contribution in [3.8, 4) is 11.5 Å². The van der Waals surface area contributed by atoms with Crippen LogP contribution in [0, 0.1) is 0 Å². The second-order valence-electron chi connectivity index (χ2n) is 4.95. The zero-order valence-corrected chi connectivity index (χ0v) is 12.6. The van der Waals surface area contributed by atoms with Gasteiger partial charge >= 0.3 is 0 Å². The third-order valence-electron chi connectivity index (χ3n) is 3.45. The molecule has 0 radical (unpaired) electrons. The lowest BCUT2D eigenvalue weighted by Crippen LogP contribution is -2.02. The summed E-state index contributed by atoms with van der Waals surface area (Å²) in [5.41, 5.74) is 9.34. The van der Waals surface area contributed by atoms with Gasteiger partial charge < -0.3 is 10.3 Å². The zero-order chi connectivity index (χ0) is 14.8. The van der Waals surface area contributed by atoms with E-state index >= 15 is 0 Å². The molecule has 21 heavy (non-hydrogen) atoms. The Morgan fingerprint density at radius 1 is 1.24 bits per heavy atom. The summed E-state index contributed by atoms with van der Waals surface area (Å²) in [7, 11) is 0. The number of aryl methyl sites for hydroxylation is 1. The maximum atomic E-state index is 6.35. The number of fused-ring (bicyclic) bond motifs is 1. The quantitative estimate of drug-likeness (QED) is 0.800. The largest absolute Gasteiger partial charge is 0.326 e. The minimum atomic E-state index is 0.491. The van der Waals surface area contributed by atoms with Crippen molar-refractivity contribution in [2.24, 2.45) is 5.73 Å². The third kappa shape index (κ3) is 2.52. The van der Waals surface area contributed by atoms with Gasteiger partial charge in [0, 0.05) is 19.3 Å². The van der Waals surface area contributed by atoms with Crippen LogP contribution in [0.4, 0.5) is 0 Å². The van der Waals surface area contributed by atoms with Gasteiger partial charge in [-0.05, 0) is 30.2 Å². The molecule has 108 valence electrons. The van der Waals surface area contributed by atoms with E-state index in [2.05, 4.69) is 16.5 Å². The van der Waals surface area contributed by atoms with Gasteiger partial charge in [-0.15, -0.1) is 0 Å². The molecule has 0 spiro atoms. The van der Waals surface area contributed by atoms with E-state index in [4.69, 9.17) is 22.3 Å². The van der Waals surface area contributed by atoms with Crippen molar-refractivity contribution in [2.45, 2.75) is 26.4 Å². The highest BCUT2D eigenvalue weighted by atomic mass is 35.5. The molecule has 0 aliphatic carbocycles. The van der Waals surface area contributed by atoms with Crippen molar-refractivity contribution in [1.29, 1.82) is 0 Å². The maximum absolute atomic E-state index is 6.35. The molecule has 1 aromatic carbocycles. The number of halogens is 1. The first-order valence-electron chi connectivity index (χ1n) is 7.04.